The number of H-pyrrole nitrogens is 1. The summed E-state index contributed by atoms with van der Waals surface area (Å²) in [6.07, 6.45) is 5.50. The van der Waals surface area contributed by atoms with Gasteiger partial charge in [0.25, 0.3) is 0 Å². The highest BCUT2D eigenvalue weighted by Crippen LogP contribution is 2.24. The molecule has 6 unspecified atom stereocenters. The monoisotopic (exact) mass is 854 g/mol. The topological polar surface area (TPSA) is 281 Å². The number of unbranched alkanes of at least 4 members (excludes halogenated alkanes) is 1. The number of hydrogen-bond donors (Lipinski definition) is 9. The van der Waals surface area contributed by atoms with Crippen molar-refractivity contribution in [3.63, 3.8) is 0 Å². The standard InChI is InChI=1S/C43H71N11O7/c1-8-61-41(60)33(23-26(2)3)52-39(58)35(43(4,5)6)53-37(56)32(24-27-25-49-29-16-10-9-15-28(27)29)51-38(57)34-19-14-22-54(34)40(59)31(17-11-12-20-44)50-36(55)30(47-7)18-13-21-48-42(45)46/h9-10,15-16,25-26,30-35,47,49H,8,11-14,17-24,44H2,1-7H3,(H,50,55)(H,51,57)(H,52,58)(H,53,56)(H4,45,46,48). The fourth-order valence-corrected chi connectivity index (χ4v) is 7.54. The summed E-state index contributed by atoms with van der Waals surface area (Å²) in [6, 6.07) is 1.89. The van der Waals surface area contributed by atoms with Crippen molar-refractivity contribution >= 4 is 52.4 Å². The average Bonchev–Trinajstić information content (AvgIpc) is 3.86. The lowest BCUT2D eigenvalue weighted by molar-refractivity contribution is -0.148. The van der Waals surface area contributed by atoms with Gasteiger partial charge in [-0.2, -0.15) is 0 Å². The van der Waals surface area contributed by atoms with Gasteiger partial charge in [-0.05, 0) is 94.8 Å². The lowest BCUT2D eigenvalue weighted by Gasteiger charge is -2.34. The SMILES string of the molecule is CCOC(=O)C(CC(C)C)NC(=O)C(NC(=O)C(Cc1c[nH]c2ccccc12)NC(=O)C1CCCN1C(=O)C(CCCCN)NC(=O)C(CCCN=C(N)N)NC)C(C)(C)C. The average molecular weight is 854 g/mol. The molecule has 0 bridgehead atoms. The van der Waals surface area contributed by atoms with Crippen molar-refractivity contribution in [1.82, 2.24) is 36.5 Å². The quantitative estimate of drug-likeness (QED) is 0.0312. The molecular weight excluding hydrogens is 783 g/mol. The Balaban J connectivity index is 1.90. The van der Waals surface area contributed by atoms with Gasteiger partial charge in [-0.3, -0.25) is 29.0 Å². The van der Waals surface area contributed by atoms with Gasteiger partial charge >= 0.3 is 5.97 Å². The van der Waals surface area contributed by atoms with E-state index >= 15 is 0 Å². The van der Waals surface area contributed by atoms with E-state index in [0.717, 1.165) is 16.5 Å². The maximum Gasteiger partial charge on any atom is 0.328 e. The summed E-state index contributed by atoms with van der Waals surface area (Å²) in [5.74, 6) is -3.04. The van der Waals surface area contributed by atoms with E-state index in [9.17, 15) is 28.8 Å². The van der Waals surface area contributed by atoms with Crippen LogP contribution in [0.25, 0.3) is 10.9 Å². The van der Waals surface area contributed by atoms with Crippen LogP contribution in [0.5, 0.6) is 0 Å². The first-order valence-corrected chi connectivity index (χ1v) is 21.6. The van der Waals surface area contributed by atoms with Crippen molar-refractivity contribution in [3.8, 4) is 0 Å². The second kappa shape index (κ2) is 24.3. The van der Waals surface area contributed by atoms with Crippen LogP contribution in [-0.2, 0) is 39.9 Å². The van der Waals surface area contributed by atoms with Gasteiger partial charge in [0.15, 0.2) is 5.96 Å². The van der Waals surface area contributed by atoms with Gasteiger partial charge in [0.2, 0.25) is 29.5 Å². The molecule has 1 aromatic carbocycles. The van der Waals surface area contributed by atoms with Crippen LogP contribution in [0.4, 0.5) is 0 Å². The molecule has 1 saturated heterocycles. The van der Waals surface area contributed by atoms with Crippen molar-refractivity contribution < 1.29 is 33.5 Å². The van der Waals surface area contributed by atoms with E-state index in [1.54, 1.807) is 40.9 Å². The number of likely N-dealkylation sites (N-methyl/N-ethyl adjacent to an activating group) is 1. The first-order chi connectivity index (χ1) is 28.9. The van der Waals surface area contributed by atoms with E-state index in [0.29, 0.717) is 64.5 Å². The number of nitrogens with one attached hydrogen (secondary N) is 6. The third-order valence-electron chi connectivity index (χ3n) is 10.8. The van der Waals surface area contributed by atoms with Crippen LogP contribution in [0, 0.1) is 11.3 Å². The molecule has 0 spiro atoms. The van der Waals surface area contributed by atoms with Crippen molar-refractivity contribution in [2.24, 2.45) is 33.5 Å². The molecule has 0 radical (unpaired) electrons. The molecule has 1 fully saturated rings. The number of fused-ring (bicyclic) bond motifs is 1. The molecule has 2 aromatic rings. The molecule has 5 amide bonds. The Morgan fingerprint density at radius 2 is 1.57 bits per heavy atom. The third-order valence-corrected chi connectivity index (χ3v) is 10.8. The Morgan fingerprint density at radius 3 is 2.21 bits per heavy atom. The van der Waals surface area contributed by atoms with Crippen LogP contribution in [0.2, 0.25) is 0 Å². The predicted octanol–water partition coefficient (Wildman–Crippen LogP) is 1.07. The molecule has 1 aromatic heterocycles. The lowest BCUT2D eigenvalue weighted by Crippen LogP contribution is -2.61. The second-order valence-corrected chi connectivity index (χ2v) is 17.2. The first kappa shape index (κ1) is 50.1. The summed E-state index contributed by atoms with van der Waals surface area (Å²) >= 11 is 0. The second-order valence-electron chi connectivity index (χ2n) is 17.2. The van der Waals surface area contributed by atoms with Gasteiger partial charge in [-0.25, -0.2) is 4.79 Å². The molecule has 6 atom stereocenters. The number of esters is 1. The van der Waals surface area contributed by atoms with Gasteiger partial charge in [-0.1, -0.05) is 52.8 Å². The lowest BCUT2D eigenvalue weighted by atomic mass is 9.85. The molecule has 18 nitrogen and oxygen atoms in total. The summed E-state index contributed by atoms with van der Waals surface area (Å²) in [4.78, 5) is 92.1. The highest BCUT2D eigenvalue weighted by atomic mass is 16.5. The van der Waals surface area contributed by atoms with Crippen LogP contribution in [0.3, 0.4) is 0 Å². The number of aromatic nitrogens is 1. The number of rotatable bonds is 24. The highest BCUT2D eigenvalue weighted by molar-refractivity contribution is 5.97. The fourth-order valence-electron chi connectivity index (χ4n) is 7.54. The van der Waals surface area contributed by atoms with Crippen molar-refractivity contribution in [2.75, 3.05) is 33.3 Å². The minimum absolute atomic E-state index is 0.0373. The van der Waals surface area contributed by atoms with Crippen molar-refractivity contribution in [2.45, 2.75) is 136 Å². The van der Waals surface area contributed by atoms with Crippen molar-refractivity contribution in [1.29, 1.82) is 0 Å². The smallest absolute Gasteiger partial charge is 0.328 e. The van der Waals surface area contributed by atoms with Crippen molar-refractivity contribution in [3.05, 3.63) is 36.0 Å². The molecule has 340 valence electrons. The van der Waals surface area contributed by atoms with E-state index in [4.69, 9.17) is 21.9 Å². The normalized spacial score (nSPS) is 16.5. The number of carbonyl (C=O) groups is 6. The summed E-state index contributed by atoms with van der Waals surface area (Å²) in [6.45, 7) is 12.1. The first-order valence-electron chi connectivity index (χ1n) is 21.6. The number of nitrogens with zero attached hydrogens (tertiary/aromatic N) is 2. The van der Waals surface area contributed by atoms with Crippen LogP contribution >= 0.6 is 0 Å². The van der Waals surface area contributed by atoms with Gasteiger partial charge < -0.3 is 58.4 Å². The molecule has 1 aliphatic rings. The van der Waals surface area contributed by atoms with Gasteiger partial charge in [0.05, 0.1) is 12.6 Å². The Bertz CT molecular complexity index is 1800. The molecule has 12 N–H and O–H groups in total. The molecule has 18 heteroatoms. The minimum atomic E-state index is -1.17. The summed E-state index contributed by atoms with van der Waals surface area (Å²) in [5, 5.41) is 15.4. The molecule has 0 aliphatic carbocycles. The number of benzene rings is 1. The number of guanidine groups is 1. The van der Waals surface area contributed by atoms with E-state index < -0.39 is 71.3 Å². The Kier molecular flexibility index (Phi) is 19.9. The number of para-hydroxylation sites is 1. The number of amides is 5. The Morgan fingerprint density at radius 1 is 0.902 bits per heavy atom. The van der Waals surface area contributed by atoms with Crippen LogP contribution in [0.1, 0.15) is 98.5 Å². The summed E-state index contributed by atoms with van der Waals surface area (Å²) in [5.41, 5.74) is 17.4. The predicted molar refractivity (Wildman–Crippen MR) is 236 cm³/mol. The highest BCUT2D eigenvalue weighted by Gasteiger charge is 2.41. The zero-order valence-corrected chi connectivity index (χ0v) is 37.1. The maximum absolute atomic E-state index is 14.5. The van der Waals surface area contributed by atoms with E-state index in [2.05, 4.69) is 36.6 Å². The number of aromatic amines is 1. The molecule has 0 saturated carbocycles. The number of hydrogen-bond acceptors (Lipinski definition) is 10. The molecule has 1 aliphatic heterocycles. The molecule has 61 heavy (non-hydrogen) atoms. The summed E-state index contributed by atoms with van der Waals surface area (Å²) < 4.78 is 5.24. The maximum atomic E-state index is 14.5. The molecule has 3 rings (SSSR count). The molecule has 2 heterocycles. The fraction of sp³-hybridized carbons (Fsp3) is 0.651. The van der Waals surface area contributed by atoms with Gasteiger partial charge in [0.1, 0.15) is 30.2 Å². The van der Waals surface area contributed by atoms with E-state index in [1.807, 2.05) is 38.1 Å². The summed E-state index contributed by atoms with van der Waals surface area (Å²) in [7, 11) is 1.66. The number of ether oxygens (including phenoxy) is 1. The number of aliphatic imine (C=N–C) groups is 1. The number of nitrogens with two attached hydrogens (primary N) is 3. The number of likely N-dealkylation sites (tertiary alicyclic amines) is 1. The Labute approximate surface area is 360 Å². The third kappa shape index (κ3) is 15.3. The van der Waals surface area contributed by atoms with Crippen LogP contribution in [-0.4, -0.2) is 121 Å². The zero-order chi connectivity index (χ0) is 45.3. The van der Waals surface area contributed by atoms with Crippen LogP contribution in [0.15, 0.2) is 35.5 Å². The van der Waals surface area contributed by atoms with E-state index in [-0.39, 0.29) is 37.4 Å². The zero-order valence-electron chi connectivity index (χ0n) is 37.1. The van der Waals surface area contributed by atoms with Crippen LogP contribution < -0.4 is 43.8 Å². The Hall–Kier alpha value is -5.23. The molecular formula is C43H71N11O7. The van der Waals surface area contributed by atoms with Gasteiger partial charge in [-0.15, -0.1) is 0 Å². The largest absolute Gasteiger partial charge is 0.464 e. The van der Waals surface area contributed by atoms with Gasteiger partial charge in [0, 0.05) is 36.6 Å². The van der Waals surface area contributed by atoms with E-state index in [1.165, 1.54) is 4.90 Å². The number of carbonyl (C=O) groups excluding carboxylic acids is 6. The minimum Gasteiger partial charge on any atom is -0.464 e.